The molecule has 0 heterocycles. The highest BCUT2D eigenvalue weighted by Gasteiger charge is 2.81. The van der Waals surface area contributed by atoms with Gasteiger partial charge in [0.2, 0.25) is 0 Å². The van der Waals surface area contributed by atoms with Crippen LogP contribution in [0.1, 0.15) is 6.42 Å². The first-order valence-electron chi connectivity index (χ1n) is 4.84. The van der Waals surface area contributed by atoms with E-state index in [1.807, 2.05) is 0 Å². The molecule has 1 rings (SSSR count). The maximum atomic E-state index is 13.5. The molecule has 1 aliphatic carbocycles. The molecule has 1 saturated carbocycles. The van der Waals surface area contributed by atoms with Crippen molar-refractivity contribution in [1.82, 2.24) is 0 Å². The van der Waals surface area contributed by atoms with Crippen molar-refractivity contribution in [2.45, 2.75) is 36.4 Å². The van der Waals surface area contributed by atoms with Crippen molar-refractivity contribution in [2.75, 3.05) is 0 Å². The van der Waals surface area contributed by atoms with Gasteiger partial charge in [-0.15, -0.1) is 6.58 Å². The van der Waals surface area contributed by atoms with Crippen LogP contribution >= 0.6 is 0 Å². The number of hydrogen-bond donors (Lipinski definition) is 0. The van der Waals surface area contributed by atoms with Crippen LogP contribution < -0.4 is 0 Å². The van der Waals surface area contributed by atoms with E-state index in [0.717, 1.165) is 0 Å². The van der Waals surface area contributed by atoms with Crippen molar-refractivity contribution >= 4 is 0 Å². The Balaban J connectivity index is 3.10. The third-order valence-corrected chi connectivity index (χ3v) is 2.73. The third kappa shape index (κ3) is 2.15. The molecule has 118 valence electrons. The topological polar surface area (TPSA) is 9.23 Å². The molecule has 0 aromatic rings. The van der Waals surface area contributed by atoms with E-state index in [0.29, 0.717) is 6.08 Å². The predicted molar refractivity (Wildman–Crippen MR) is 44.1 cm³/mol. The normalized spacial score (nSPS) is 30.8. The summed E-state index contributed by atoms with van der Waals surface area (Å²) < 4.78 is 127. The minimum Gasteiger partial charge on any atom is -0.271 e. The Labute approximate surface area is 105 Å². The van der Waals surface area contributed by atoms with Crippen LogP contribution in [-0.4, -0.2) is 30.0 Å². The summed E-state index contributed by atoms with van der Waals surface area (Å²) >= 11 is 0. The average Bonchev–Trinajstić information content (AvgIpc) is 2.23. The second kappa shape index (κ2) is 4.25. The average molecular weight is 320 g/mol. The first-order valence-corrected chi connectivity index (χ1v) is 4.84. The van der Waals surface area contributed by atoms with Gasteiger partial charge in [0.25, 0.3) is 5.85 Å². The molecule has 0 saturated heterocycles. The lowest BCUT2D eigenvalue weighted by Gasteiger charge is -2.49. The zero-order valence-electron chi connectivity index (χ0n) is 9.26. The highest BCUT2D eigenvalue weighted by molar-refractivity contribution is 5.11. The maximum Gasteiger partial charge on any atom is 0.462 e. The van der Waals surface area contributed by atoms with E-state index in [9.17, 15) is 43.9 Å². The van der Waals surface area contributed by atoms with Crippen LogP contribution in [0.15, 0.2) is 12.7 Å². The molecule has 1 aliphatic rings. The number of halogens is 10. The van der Waals surface area contributed by atoms with E-state index in [2.05, 4.69) is 11.3 Å². The first-order chi connectivity index (χ1) is 8.62. The predicted octanol–water partition coefficient (Wildman–Crippen LogP) is 4.30. The van der Waals surface area contributed by atoms with E-state index < -0.39 is 42.3 Å². The summed E-state index contributed by atoms with van der Waals surface area (Å²) in [6.07, 6.45) is -14.4. The van der Waals surface area contributed by atoms with Gasteiger partial charge in [-0.3, -0.25) is 4.74 Å². The van der Waals surface area contributed by atoms with E-state index in [1.165, 1.54) is 0 Å². The second-order valence-electron chi connectivity index (χ2n) is 4.09. The third-order valence-electron chi connectivity index (χ3n) is 2.73. The summed E-state index contributed by atoms with van der Waals surface area (Å²) in [6.45, 7) is 2.78. The lowest BCUT2D eigenvalue weighted by Crippen LogP contribution is -2.67. The Hall–Kier alpha value is -1.00. The van der Waals surface area contributed by atoms with Gasteiger partial charge in [0.15, 0.2) is 0 Å². The smallest absolute Gasteiger partial charge is 0.271 e. The van der Waals surface area contributed by atoms with Crippen molar-refractivity contribution in [3.63, 3.8) is 0 Å². The fraction of sp³-hybridized carbons (Fsp3) is 0.778. The molecule has 0 bridgehead atoms. The van der Waals surface area contributed by atoms with E-state index in [4.69, 9.17) is 0 Å². The van der Waals surface area contributed by atoms with Crippen LogP contribution in [0.4, 0.5) is 43.9 Å². The molecule has 0 amide bonds. The minimum atomic E-state index is -6.84. The number of alkyl halides is 10. The molecule has 0 radical (unpaired) electrons. The van der Waals surface area contributed by atoms with Gasteiger partial charge in [-0.05, 0) is 0 Å². The molecule has 0 spiro atoms. The quantitative estimate of drug-likeness (QED) is 0.554. The largest absolute Gasteiger partial charge is 0.462 e. The Morgan fingerprint density at radius 3 is 1.75 bits per heavy atom. The van der Waals surface area contributed by atoms with E-state index >= 15 is 0 Å². The van der Waals surface area contributed by atoms with Crippen molar-refractivity contribution in [3.05, 3.63) is 12.7 Å². The summed E-state index contributed by atoms with van der Waals surface area (Å²) in [5.74, 6) is -18.3. The van der Waals surface area contributed by atoms with Gasteiger partial charge in [-0.1, -0.05) is 6.08 Å². The summed E-state index contributed by atoms with van der Waals surface area (Å²) in [4.78, 5) is 0. The van der Waals surface area contributed by atoms with Crippen molar-refractivity contribution in [3.8, 4) is 0 Å². The fourth-order valence-corrected chi connectivity index (χ4v) is 1.49. The lowest BCUT2D eigenvalue weighted by atomic mass is 9.75. The first kappa shape index (κ1) is 17.1. The van der Waals surface area contributed by atoms with Gasteiger partial charge in [0.05, 0.1) is 0 Å². The van der Waals surface area contributed by atoms with Crippen molar-refractivity contribution in [1.29, 1.82) is 0 Å². The van der Waals surface area contributed by atoms with Crippen LogP contribution in [0.5, 0.6) is 0 Å². The summed E-state index contributed by atoms with van der Waals surface area (Å²) in [7, 11) is 0. The molecule has 0 aromatic carbocycles. The standard InChI is InChI=1S/C9H6F10O/c1-2-4-3-5(10,11)6(4,12)20-9(18,19)7(13,14)8(15,16)17/h2,4H,1,3H2. The monoisotopic (exact) mass is 320 g/mol. The van der Waals surface area contributed by atoms with Gasteiger partial charge < -0.3 is 0 Å². The summed E-state index contributed by atoms with van der Waals surface area (Å²) in [5, 5.41) is 0. The molecule has 2 atom stereocenters. The van der Waals surface area contributed by atoms with Gasteiger partial charge in [-0.2, -0.15) is 30.7 Å². The zero-order valence-corrected chi connectivity index (χ0v) is 9.26. The molecule has 11 heteroatoms. The zero-order chi connectivity index (χ0) is 16.2. The van der Waals surface area contributed by atoms with Crippen LogP contribution in [0.25, 0.3) is 0 Å². The van der Waals surface area contributed by atoms with Gasteiger partial charge in [0.1, 0.15) is 0 Å². The van der Waals surface area contributed by atoms with Crippen molar-refractivity contribution in [2.24, 2.45) is 5.92 Å². The van der Waals surface area contributed by atoms with Crippen LogP contribution in [0, 0.1) is 5.92 Å². The molecule has 1 nitrogen and oxygen atoms in total. The summed E-state index contributed by atoms with van der Waals surface area (Å²) in [6, 6.07) is 0. The molecule has 0 N–H and O–H groups in total. The van der Waals surface area contributed by atoms with Crippen LogP contribution in [0.2, 0.25) is 0 Å². The number of hydrogen-bond acceptors (Lipinski definition) is 1. The molecule has 0 aromatic heterocycles. The maximum absolute atomic E-state index is 13.5. The van der Waals surface area contributed by atoms with Crippen LogP contribution in [-0.2, 0) is 4.74 Å². The Morgan fingerprint density at radius 1 is 1.00 bits per heavy atom. The molecular weight excluding hydrogens is 314 g/mol. The highest BCUT2D eigenvalue weighted by atomic mass is 19.4. The Bertz CT molecular complexity index is 400. The van der Waals surface area contributed by atoms with Gasteiger partial charge in [0, 0.05) is 12.3 Å². The SMILES string of the molecule is C=CC1CC(F)(F)C1(F)OC(F)(F)C(F)(F)C(F)(F)F. The molecule has 0 aliphatic heterocycles. The van der Waals surface area contributed by atoms with E-state index in [-0.39, 0.29) is 0 Å². The molecular formula is C9H6F10O. The molecule has 20 heavy (non-hydrogen) atoms. The summed E-state index contributed by atoms with van der Waals surface area (Å²) in [5.41, 5.74) is 0. The molecule has 2 unspecified atom stereocenters. The van der Waals surface area contributed by atoms with Crippen molar-refractivity contribution < 1.29 is 48.6 Å². The van der Waals surface area contributed by atoms with E-state index in [1.54, 1.807) is 0 Å². The highest BCUT2D eigenvalue weighted by Crippen LogP contribution is 2.59. The Morgan fingerprint density at radius 2 is 1.45 bits per heavy atom. The van der Waals surface area contributed by atoms with Gasteiger partial charge in [-0.25, -0.2) is 13.2 Å². The van der Waals surface area contributed by atoms with Gasteiger partial charge >= 0.3 is 24.1 Å². The minimum absolute atomic E-state index is 0.360. The number of rotatable bonds is 4. The fourth-order valence-electron chi connectivity index (χ4n) is 1.49. The Kier molecular flexibility index (Phi) is 3.62. The molecule has 1 fully saturated rings. The second-order valence-corrected chi connectivity index (χ2v) is 4.09. The van der Waals surface area contributed by atoms with Crippen LogP contribution in [0.3, 0.4) is 0 Å². The lowest BCUT2D eigenvalue weighted by molar-refractivity contribution is -0.495. The number of ether oxygens (including phenoxy) is 1.